The minimum Gasteiger partial charge on any atom is -0.420 e. The number of halogens is 5. The number of benzene rings is 2. The molecule has 0 saturated carbocycles. The average molecular weight is 492 g/mol. The van der Waals surface area contributed by atoms with Gasteiger partial charge in [-0.3, -0.25) is 9.48 Å². The standard InChI is InChI=1S/C21H13F5N6O3/c22-14-2-1-3-15(18(14)23)31-17(33)9-32-8-11(7-29-32)30-19-13-5-4-12(6-16(13)27-10-28-19)35-20(34)21(24,25)26/h1-8,10H,9H2,(H,31,33)(H,27,28,30). The van der Waals surface area contributed by atoms with E-state index in [1.807, 2.05) is 0 Å². The normalized spacial score (nSPS) is 11.3. The molecular formula is C21H13F5N6O3. The van der Waals surface area contributed by atoms with E-state index in [1.54, 1.807) is 0 Å². The van der Waals surface area contributed by atoms with Crippen LogP contribution in [0.1, 0.15) is 0 Å². The maximum Gasteiger partial charge on any atom is 0.491 e. The highest BCUT2D eigenvalue weighted by Crippen LogP contribution is 2.27. The van der Waals surface area contributed by atoms with Crippen molar-refractivity contribution in [3.63, 3.8) is 0 Å². The van der Waals surface area contributed by atoms with Crippen molar-refractivity contribution >= 4 is 40.0 Å². The van der Waals surface area contributed by atoms with Gasteiger partial charge >= 0.3 is 12.1 Å². The van der Waals surface area contributed by atoms with Crippen LogP contribution >= 0.6 is 0 Å². The molecule has 0 bridgehead atoms. The molecule has 4 aromatic rings. The van der Waals surface area contributed by atoms with Crippen molar-refractivity contribution in [3.8, 4) is 5.75 Å². The summed E-state index contributed by atoms with van der Waals surface area (Å²) in [6, 6.07) is 7.04. The molecule has 0 saturated heterocycles. The van der Waals surface area contributed by atoms with Crippen LogP contribution in [0.15, 0.2) is 55.1 Å². The molecule has 0 unspecified atom stereocenters. The second-order valence-corrected chi connectivity index (χ2v) is 6.99. The van der Waals surface area contributed by atoms with E-state index in [0.717, 1.165) is 24.5 Å². The van der Waals surface area contributed by atoms with E-state index in [0.29, 0.717) is 11.1 Å². The molecule has 2 aromatic carbocycles. The lowest BCUT2D eigenvalue weighted by atomic mass is 10.2. The second kappa shape index (κ2) is 9.32. The lowest BCUT2D eigenvalue weighted by molar-refractivity contribution is -0.189. The number of anilines is 3. The second-order valence-electron chi connectivity index (χ2n) is 6.99. The van der Waals surface area contributed by atoms with Crippen LogP contribution in [-0.4, -0.2) is 37.8 Å². The van der Waals surface area contributed by atoms with Gasteiger partial charge in [0.05, 0.1) is 23.1 Å². The van der Waals surface area contributed by atoms with E-state index >= 15 is 0 Å². The van der Waals surface area contributed by atoms with Crippen LogP contribution in [0, 0.1) is 11.6 Å². The first-order valence-electron chi connectivity index (χ1n) is 9.67. The van der Waals surface area contributed by atoms with Gasteiger partial charge < -0.3 is 15.4 Å². The third kappa shape index (κ3) is 5.48. The number of nitrogens with zero attached hydrogens (tertiary/aromatic N) is 4. The number of hydrogen-bond acceptors (Lipinski definition) is 7. The quantitative estimate of drug-likeness (QED) is 0.238. The Morgan fingerprint density at radius 3 is 2.66 bits per heavy atom. The molecule has 14 heteroatoms. The van der Waals surface area contributed by atoms with Crippen LogP contribution in [0.4, 0.5) is 39.1 Å². The van der Waals surface area contributed by atoms with Gasteiger partial charge in [0.1, 0.15) is 24.4 Å². The monoisotopic (exact) mass is 492 g/mol. The van der Waals surface area contributed by atoms with Crippen molar-refractivity contribution in [2.24, 2.45) is 0 Å². The molecule has 2 heterocycles. The Morgan fingerprint density at radius 1 is 1.09 bits per heavy atom. The summed E-state index contributed by atoms with van der Waals surface area (Å²) >= 11 is 0. The largest absolute Gasteiger partial charge is 0.491 e. The molecule has 0 atom stereocenters. The first-order valence-corrected chi connectivity index (χ1v) is 9.67. The number of amides is 1. The van der Waals surface area contributed by atoms with Crippen LogP contribution in [0.3, 0.4) is 0 Å². The molecule has 0 aliphatic rings. The molecule has 4 rings (SSSR count). The SMILES string of the molecule is O=C(Cn1cc(Nc2ncnc3cc(OC(=O)C(F)(F)F)ccc23)cn1)Nc1cccc(F)c1F. The molecule has 180 valence electrons. The first-order chi connectivity index (χ1) is 16.6. The lowest BCUT2D eigenvalue weighted by Crippen LogP contribution is -2.27. The lowest BCUT2D eigenvalue weighted by Gasteiger charge is -2.09. The van der Waals surface area contributed by atoms with Crippen LogP contribution in [0.5, 0.6) is 5.75 Å². The summed E-state index contributed by atoms with van der Waals surface area (Å²) in [6.07, 6.45) is -1.19. The van der Waals surface area contributed by atoms with Gasteiger partial charge in [0.15, 0.2) is 11.6 Å². The van der Waals surface area contributed by atoms with Crippen LogP contribution in [0.25, 0.3) is 10.9 Å². The highest BCUT2D eigenvalue weighted by molar-refractivity contribution is 5.92. The fourth-order valence-electron chi connectivity index (χ4n) is 2.95. The van der Waals surface area contributed by atoms with Crippen molar-refractivity contribution in [1.29, 1.82) is 0 Å². The van der Waals surface area contributed by atoms with Gasteiger partial charge in [-0.05, 0) is 24.3 Å². The van der Waals surface area contributed by atoms with Gasteiger partial charge in [-0.15, -0.1) is 0 Å². The Labute approximate surface area is 192 Å². The highest BCUT2D eigenvalue weighted by Gasteiger charge is 2.41. The summed E-state index contributed by atoms with van der Waals surface area (Å²) in [5.41, 5.74) is 0.273. The zero-order chi connectivity index (χ0) is 25.2. The molecule has 0 aliphatic carbocycles. The molecule has 0 spiro atoms. The van der Waals surface area contributed by atoms with Crippen molar-refractivity contribution in [1.82, 2.24) is 19.7 Å². The summed E-state index contributed by atoms with van der Waals surface area (Å²) in [4.78, 5) is 31.2. The number of ether oxygens (including phenoxy) is 1. The Bertz CT molecular complexity index is 1420. The Hall–Kier alpha value is -4.62. The summed E-state index contributed by atoms with van der Waals surface area (Å²) in [6.45, 7) is -0.309. The highest BCUT2D eigenvalue weighted by atomic mass is 19.4. The molecular weight excluding hydrogens is 479 g/mol. The summed E-state index contributed by atoms with van der Waals surface area (Å²) < 4.78 is 69.7. The number of hydrogen-bond donors (Lipinski definition) is 2. The van der Waals surface area contributed by atoms with Crippen molar-refractivity contribution in [2.45, 2.75) is 12.7 Å². The third-order valence-electron chi connectivity index (χ3n) is 4.48. The fraction of sp³-hybridized carbons (Fsp3) is 0.0952. The minimum absolute atomic E-state index is 0.193. The maximum atomic E-state index is 13.7. The number of carbonyl (C=O) groups is 2. The molecule has 2 aromatic heterocycles. The number of fused-ring (bicyclic) bond motifs is 1. The molecule has 35 heavy (non-hydrogen) atoms. The number of nitrogens with one attached hydrogen (secondary N) is 2. The number of alkyl halides is 3. The topological polar surface area (TPSA) is 111 Å². The molecule has 0 fully saturated rings. The molecule has 9 nitrogen and oxygen atoms in total. The third-order valence-corrected chi connectivity index (χ3v) is 4.48. The van der Waals surface area contributed by atoms with Gasteiger partial charge in [0, 0.05) is 17.6 Å². The van der Waals surface area contributed by atoms with E-state index in [4.69, 9.17) is 0 Å². The fourth-order valence-corrected chi connectivity index (χ4v) is 2.95. The Morgan fingerprint density at radius 2 is 1.89 bits per heavy atom. The van der Waals surface area contributed by atoms with E-state index in [1.165, 1.54) is 35.3 Å². The molecule has 1 amide bonds. The smallest absolute Gasteiger partial charge is 0.420 e. The van der Waals surface area contributed by atoms with E-state index in [2.05, 4.69) is 30.4 Å². The van der Waals surface area contributed by atoms with Gasteiger partial charge in [-0.25, -0.2) is 23.5 Å². The predicted octanol–water partition coefficient (Wildman–Crippen LogP) is 3.95. The van der Waals surface area contributed by atoms with E-state index in [-0.39, 0.29) is 29.3 Å². The maximum absolute atomic E-state index is 13.7. The summed E-state index contributed by atoms with van der Waals surface area (Å²) in [5.74, 6) is -5.39. The summed E-state index contributed by atoms with van der Waals surface area (Å²) in [5, 5.41) is 9.57. The van der Waals surface area contributed by atoms with Gasteiger partial charge in [0.25, 0.3) is 0 Å². The van der Waals surface area contributed by atoms with Gasteiger partial charge in [-0.1, -0.05) is 6.07 Å². The van der Waals surface area contributed by atoms with Gasteiger partial charge in [0.2, 0.25) is 5.91 Å². The van der Waals surface area contributed by atoms with E-state index < -0.39 is 29.7 Å². The van der Waals surface area contributed by atoms with Crippen molar-refractivity contribution in [3.05, 3.63) is 66.8 Å². The van der Waals surface area contributed by atoms with Crippen LogP contribution < -0.4 is 15.4 Å². The molecule has 2 N–H and O–H groups in total. The van der Waals surface area contributed by atoms with Crippen molar-refractivity contribution < 1.29 is 36.3 Å². The van der Waals surface area contributed by atoms with Crippen LogP contribution in [0.2, 0.25) is 0 Å². The first kappa shape index (κ1) is 23.5. The number of rotatable bonds is 6. The zero-order valence-electron chi connectivity index (χ0n) is 17.3. The van der Waals surface area contributed by atoms with E-state index in [9.17, 15) is 31.5 Å². The number of carbonyl (C=O) groups excluding carboxylic acids is 2. The number of aromatic nitrogens is 4. The summed E-state index contributed by atoms with van der Waals surface area (Å²) in [7, 11) is 0. The van der Waals surface area contributed by atoms with Crippen molar-refractivity contribution in [2.75, 3.05) is 10.6 Å². The molecule has 0 aliphatic heterocycles. The van der Waals surface area contributed by atoms with Gasteiger partial charge in [-0.2, -0.15) is 18.3 Å². The van der Waals surface area contributed by atoms with Crippen LogP contribution in [-0.2, 0) is 16.1 Å². The zero-order valence-corrected chi connectivity index (χ0v) is 17.3. The Kier molecular flexibility index (Phi) is 6.27. The average Bonchev–Trinajstić information content (AvgIpc) is 3.23. The minimum atomic E-state index is -5.14. The Balaban J connectivity index is 1.45. The molecule has 0 radical (unpaired) electrons. The predicted molar refractivity (Wildman–Crippen MR) is 112 cm³/mol. The number of esters is 1.